The molecule has 0 N–H and O–H groups in total. The first kappa shape index (κ1) is 14.8. The summed E-state index contributed by atoms with van der Waals surface area (Å²) in [4.78, 5) is 10.5. The quantitative estimate of drug-likeness (QED) is 0.430. The Bertz CT molecular complexity index is 661. The maximum absolute atomic E-state index is 10.9. The first-order valence-electron chi connectivity index (χ1n) is 5.79. The van der Waals surface area contributed by atoms with Crippen LogP contribution in [0, 0.1) is 17.0 Å². The van der Waals surface area contributed by atoms with E-state index in [1.165, 1.54) is 6.07 Å². The lowest BCUT2D eigenvalue weighted by atomic mass is 10.1. The normalized spacial score (nSPS) is 10.3. The zero-order chi connectivity index (χ0) is 14.7. The van der Waals surface area contributed by atoms with E-state index in [2.05, 4.69) is 15.9 Å². The van der Waals surface area contributed by atoms with Crippen LogP contribution < -0.4 is 4.74 Å². The Morgan fingerprint density at radius 3 is 2.70 bits per heavy atom. The summed E-state index contributed by atoms with van der Waals surface area (Å²) in [5.41, 5.74) is 1.34. The maximum Gasteiger partial charge on any atom is 0.276 e. The van der Waals surface area contributed by atoms with Gasteiger partial charge < -0.3 is 4.74 Å². The lowest BCUT2D eigenvalue weighted by Gasteiger charge is -2.12. The summed E-state index contributed by atoms with van der Waals surface area (Å²) in [6, 6.07) is 10.2. The Labute approximate surface area is 129 Å². The molecule has 0 aliphatic rings. The Morgan fingerprint density at radius 2 is 2.05 bits per heavy atom. The van der Waals surface area contributed by atoms with Crippen molar-refractivity contribution in [1.29, 1.82) is 0 Å². The number of hydrogen-bond donors (Lipinski definition) is 0. The van der Waals surface area contributed by atoms with Gasteiger partial charge in [0, 0.05) is 16.1 Å². The molecule has 0 atom stereocenters. The number of nitro benzene ring substituents is 1. The number of nitro groups is 1. The number of benzene rings is 2. The fourth-order valence-corrected chi connectivity index (χ4v) is 2.32. The molecule has 0 saturated carbocycles. The molecule has 0 amide bonds. The number of halogens is 2. The molecule has 0 aromatic heterocycles. The van der Waals surface area contributed by atoms with Gasteiger partial charge in [0.05, 0.1) is 16.4 Å². The molecule has 104 valence electrons. The van der Waals surface area contributed by atoms with Crippen molar-refractivity contribution in [2.75, 3.05) is 0 Å². The fraction of sp³-hybridized carbons (Fsp3) is 0.143. The molecule has 2 rings (SSSR count). The van der Waals surface area contributed by atoms with E-state index >= 15 is 0 Å². The highest BCUT2D eigenvalue weighted by molar-refractivity contribution is 9.10. The summed E-state index contributed by atoms with van der Waals surface area (Å²) in [6.07, 6.45) is 0. The summed E-state index contributed by atoms with van der Waals surface area (Å²) < 4.78 is 6.64. The van der Waals surface area contributed by atoms with Crippen LogP contribution in [0.2, 0.25) is 0 Å². The van der Waals surface area contributed by atoms with Gasteiger partial charge in [0.15, 0.2) is 0 Å². The molecule has 0 aliphatic carbocycles. The molecular weight excluding hydrogens is 346 g/mol. The lowest BCUT2D eigenvalue weighted by molar-refractivity contribution is -0.385. The van der Waals surface area contributed by atoms with E-state index in [1.54, 1.807) is 25.1 Å². The zero-order valence-electron chi connectivity index (χ0n) is 10.6. The lowest BCUT2D eigenvalue weighted by Crippen LogP contribution is -1.96. The number of hydrogen-bond acceptors (Lipinski definition) is 3. The molecular formula is C14H11BrClNO3. The monoisotopic (exact) mass is 355 g/mol. The molecule has 4 nitrogen and oxygen atoms in total. The molecule has 2 aromatic carbocycles. The van der Waals surface area contributed by atoms with Gasteiger partial charge in [-0.3, -0.25) is 10.1 Å². The molecule has 0 bridgehead atoms. The standard InChI is InChI=1S/C14H11BrClNO3/c1-9-12(17(18)19)3-2-4-13(9)20-14-7-11(15)6-5-10(14)8-16/h2-7H,8H2,1H3. The molecule has 0 fully saturated rings. The van der Waals surface area contributed by atoms with Gasteiger partial charge in [-0.15, -0.1) is 11.6 Å². The third kappa shape index (κ3) is 3.11. The van der Waals surface area contributed by atoms with Gasteiger partial charge in [0.1, 0.15) is 11.5 Å². The second kappa shape index (κ2) is 6.24. The van der Waals surface area contributed by atoms with Gasteiger partial charge in [-0.2, -0.15) is 0 Å². The van der Waals surface area contributed by atoms with Crippen molar-refractivity contribution in [3.63, 3.8) is 0 Å². The summed E-state index contributed by atoms with van der Waals surface area (Å²) in [6.45, 7) is 1.66. The second-order valence-electron chi connectivity index (χ2n) is 4.15. The first-order chi connectivity index (χ1) is 9.52. The van der Waals surface area contributed by atoms with Crippen LogP contribution in [0.15, 0.2) is 40.9 Å². The van der Waals surface area contributed by atoms with E-state index in [1.807, 2.05) is 12.1 Å². The predicted octanol–water partition coefficient (Wildman–Crippen LogP) is 5.20. The van der Waals surface area contributed by atoms with Crippen molar-refractivity contribution in [3.05, 3.63) is 62.1 Å². The SMILES string of the molecule is Cc1c(Oc2cc(Br)ccc2CCl)cccc1[N+](=O)[O-]. The first-order valence-corrected chi connectivity index (χ1v) is 7.12. The van der Waals surface area contributed by atoms with Crippen molar-refractivity contribution < 1.29 is 9.66 Å². The molecule has 20 heavy (non-hydrogen) atoms. The van der Waals surface area contributed by atoms with Crippen LogP contribution >= 0.6 is 27.5 Å². The summed E-state index contributed by atoms with van der Waals surface area (Å²) in [7, 11) is 0. The van der Waals surface area contributed by atoms with Gasteiger partial charge in [-0.05, 0) is 25.1 Å². The highest BCUT2D eigenvalue weighted by Gasteiger charge is 2.15. The third-order valence-corrected chi connectivity index (χ3v) is 3.63. The van der Waals surface area contributed by atoms with Crippen molar-refractivity contribution in [2.24, 2.45) is 0 Å². The summed E-state index contributed by atoms with van der Waals surface area (Å²) in [5.74, 6) is 1.33. The minimum Gasteiger partial charge on any atom is -0.456 e. The van der Waals surface area contributed by atoms with Gasteiger partial charge in [-0.1, -0.05) is 28.1 Å². The summed E-state index contributed by atoms with van der Waals surface area (Å²) >= 11 is 9.23. The Balaban J connectivity index is 2.42. The number of ether oxygens (including phenoxy) is 1. The Morgan fingerprint density at radius 1 is 1.30 bits per heavy atom. The van der Waals surface area contributed by atoms with Crippen molar-refractivity contribution in [1.82, 2.24) is 0 Å². The number of nitrogens with zero attached hydrogens (tertiary/aromatic N) is 1. The maximum atomic E-state index is 10.9. The highest BCUT2D eigenvalue weighted by atomic mass is 79.9. The van der Waals surface area contributed by atoms with Crippen molar-refractivity contribution in [3.8, 4) is 11.5 Å². The Hall–Kier alpha value is -1.59. The van der Waals surface area contributed by atoms with Crippen LogP contribution in [-0.2, 0) is 5.88 Å². The topological polar surface area (TPSA) is 52.4 Å². The molecule has 0 heterocycles. The minimum atomic E-state index is -0.425. The van der Waals surface area contributed by atoms with E-state index in [0.717, 1.165) is 10.0 Å². The van der Waals surface area contributed by atoms with Gasteiger partial charge in [-0.25, -0.2) is 0 Å². The predicted molar refractivity (Wildman–Crippen MR) is 81.6 cm³/mol. The van der Waals surface area contributed by atoms with Gasteiger partial charge >= 0.3 is 0 Å². The highest BCUT2D eigenvalue weighted by Crippen LogP contribution is 2.34. The van der Waals surface area contributed by atoms with Gasteiger partial charge in [0.2, 0.25) is 0 Å². The van der Waals surface area contributed by atoms with Crippen molar-refractivity contribution >= 4 is 33.2 Å². The Kier molecular flexibility index (Phi) is 4.62. The van der Waals surface area contributed by atoms with E-state index in [0.29, 0.717) is 22.9 Å². The molecule has 0 saturated heterocycles. The van der Waals surface area contributed by atoms with E-state index in [-0.39, 0.29) is 5.69 Å². The smallest absolute Gasteiger partial charge is 0.276 e. The molecule has 6 heteroatoms. The van der Waals surface area contributed by atoms with Crippen LogP contribution in [0.5, 0.6) is 11.5 Å². The minimum absolute atomic E-state index is 0.0323. The van der Waals surface area contributed by atoms with E-state index in [9.17, 15) is 10.1 Å². The molecule has 0 spiro atoms. The van der Waals surface area contributed by atoms with Crippen LogP contribution in [0.1, 0.15) is 11.1 Å². The molecule has 0 unspecified atom stereocenters. The van der Waals surface area contributed by atoms with Crippen molar-refractivity contribution in [2.45, 2.75) is 12.8 Å². The van der Waals surface area contributed by atoms with Gasteiger partial charge in [0.25, 0.3) is 5.69 Å². The van der Waals surface area contributed by atoms with Crippen LogP contribution in [-0.4, -0.2) is 4.92 Å². The van der Waals surface area contributed by atoms with E-state index < -0.39 is 4.92 Å². The van der Waals surface area contributed by atoms with Crippen LogP contribution in [0.25, 0.3) is 0 Å². The van der Waals surface area contributed by atoms with E-state index in [4.69, 9.17) is 16.3 Å². The summed E-state index contributed by atoms with van der Waals surface area (Å²) in [5, 5.41) is 10.9. The average molecular weight is 357 g/mol. The van der Waals surface area contributed by atoms with Crippen LogP contribution in [0.3, 0.4) is 0 Å². The number of rotatable bonds is 4. The second-order valence-corrected chi connectivity index (χ2v) is 5.33. The zero-order valence-corrected chi connectivity index (χ0v) is 12.9. The molecule has 0 aliphatic heterocycles. The van der Waals surface area contributed by atoms with Crippen LogP contribution in [0.4, 0.5) is 5.69 Å². The third-order valence-electron chi connectivity index (χ3n) is 2.85. The largest absolute Gasteiger partial charge is 0.456 e. The number of alkyl halides is 1. The molecule has 0 radical (unpaired) electrons. The average Bonchev–Trinajstić information content (AvgIpc) is 2.41. The fourth-order valence-electron chi connectivity index (χ4n) is 1.76. The molecule has 2 aromatic rings.